The fourth-order valence-electron chi connectivity index (χ4n) is 3.01. The number of amides is 1. The summed E-state index contributed by atoms with van der Waals surface area (Å²) < 4.78 is 27.0. The van der Waals surface area contributed by atoms with Gasteiger partial charge in [0, 0.05) is 41.7 Å². The zero-order valence-corrected chi connectivity index (χ0v) is 19.3. The quantitative estimate of drug-likeness (QED) is 0.458. The van der Waals surface area contributed by atoms with Crippen LogP contribution in [-0.4, -0.2) is 61.2 Å². The summed E-state index contributed by atoms with van der Waals surface area (Å²) in [7, 11) is -3.67. The van der Waals surface area contributed by atoms with E-state index in [1.165, 1.54) is 47.3 Å². The Labute approximate surface area is 190 Å². The minimum Gasteiger partial charge on any atom is -0.339 e. The molecule has 2 aromatic rings. The van der Waals surface area contributed by atoms with Crippen molar-refractivity contribution in [3.8, 4) is 0 Å². The fraction of sp³-hybridized carbons (Fsp3) is 0.300. The predicted molar refractivity (Wildman–Crippen MR) is 119 cm³/mol. The van der Waals surface area contributed by atoms with Gasteiger partial charge in [-0.1, -0.05) is 35.3 Å². The van der Waals surface area contributed by atoms with Crippen molar-refractivity contribution in [2.75, 3.05) is 31.9 Å². The third-order valence-corrected chi connectivity index (χ3v) is 8.36. The van der Waals surface area contributed by atoms with E-state index in [4.69, 9.17) is 23.2 Å². The third kappa shape index (κ3) is 5.36. The van der Waals surface area contributed by atoms with E-state index in [0.717, 1.165) is 4.90 Å². The minimum atomic E-state index is -3.67. The molecule has 2 aromatic carbocycles. The van der Waals surface area contributed by atoms with Gasteiger partial charge in [-0.25, -0.2) is 8.42 Å². The number of carbonyl (C=O) groups excluding carboxylic acids is 2. The summed E-state index contributed by atoms with van der Waals surface area (Å²) in [5, 5.41) is 1.08. The number of piperazine rings is 1. The third-order valence-electron chi connectivity index (χ3n) is 4.73. The number of hydrogen-bond donors (Lipinski definition) is 0. The van der Waals surface area contributed by atoms with E-state index in [9.17, 15) is 18.0 Å². The highest BCUT2D eigenvalue weighted by atomic mass is 35.5. The number of benzene rings is 2. The molecule has 1 fully saturated rings. The highest BCUT2D eigenvalue weighted by Crippen LogP contribution is 2.30. The first kappa shape index (κ1) is 23.1. The Hall–Kier alpha value is -1.58. The second-order valence-electron chi connectivity index (χ2n) is 6.73. The molecule has 1 aliphatic heterocycles. The van der Waals surface area contributed by atoms with Crippen molar-refractivity contribution in [3.63, 3.8) is 0 Å². The maximum Gasteiger partial charge on any atom is 0.243 e. The van der Waals surface area contributed by atoms with E-state index >= 15 is 0 Å². The summed E-state index contributed by atoms with van der Waals surface area (Å²) in [6, 6.07) is 11.0. The molecule has 1 aliphatic rings. The van der Waals surface area contributed by atoms with Crippen LogP contribution in [0.1, 0.15) is 17.3 Å². The zero-order valence-electron chi connectivity index (χ0n) is 16.2. The first-order chi connectivity index (χ1) is 14.2. The lowest BCUT2D eigenvalue weighted by Gasteiger charge is -2.34. The van der Waals surface area contributed by atoms with Crippen LogP contribution in [0.5, 0.6) is 0 Å². The molecule has 0 radical (unpaired) electrons. The Morgan fingerprint density at radius 1 is 1.00 bits per heavy atom. The second kappa shape index (κ2) is 9.70. The molecular formula is C20H20Cl2N2O4S2. The van der Waals surface area contributed by atoms with Crippen LogP contribution in [0.2, 0.25) is 10.0 Å². The van der Waals surface area contributed by atoms with Crippen molar-refractivity contribution < 1.29 is 18.0 Å². The fourth-order valence-corrected chi connectivity index (χ4v) is 5.83. The van der Waals surface area contributed by atoms with E-state index < -0.39 is 10.0 Å². The molecule has 10 heteroatoms. The lowest BCUT2D eigenvalue weighted by atomic mass is 10.2. The molecule has 160 valence electrons. The van der Waals surface area contributed by atoms with Gasteiger partial charge < -0.3 is 4.90 Å². The van der Waals surface area contributed by atoms with Crippen molar-refractivity contribution in [1.29, 1.82) is 0 Å². The van der Waals surface area contributed by atoms with Crippen LogP contribution < -0.4 is 0 Å². The Balaban J connectivity index is 1.57. The highest BCUT2D eigenvalue weighted by Gasteiger charge is 2.30. The zero-order chi connectivity index (χ0) is 21.9. The summed E-state index contributed by atoms with van der Waals surface area (Å²) in [6.07, 6.45) is 0. The smallest absolute Gasteiger partial charge is 0.243 e. The SMILES string of the molecule is CC(=O)c1ccc(S(=O)(=O)N2CCN(C(=O)CSc3cc(Cl)ccc3Cl)CC2)cc1. The van der Waals surface area contributed by atoms with Crippen LogP contribution in [0.25, 0.3) is 0 Å². The summed E-state index contributed by atoms with van der Waals surface area (Å²) in [6.45, 7) is 2.48. The summed E-state index contributed by atoms with van der Waals surface area (Å²) in [5.41, 5.74) is 0.460. The topological polar surface area (TPSA) is 74.8 Å². The first-order valence-electron chi connectivity index (χ1n) is 9.15. The van der Waals surface area contributed by atoms with Crippen LogP contribution in [0.3, 0.4) is 0 Å². The molecule has 6 nitrogen and oxygen atoms in total. The normalized spacial score (nSPS) is 15.2. The summed E-state index contributed by atoms with van der Waals surface area (Å²) in [5.74, 6) is -0.0128. The van der Waals surface area contributed by atoms with Gasteiger partial charge in [-0.2, -0.15) is 4.31 Å². The summed E-state index contributed by atoms with van der Waals surface area (Å²) in [4.78, 5) is 26.4. The monoisotopic (exact) mass is 486 g/mol. The van der Waals surface area contributed by atoms with Crippen molar-refractivity contribution >= 4 is 56.7 Å². The van der Waals surface area contributed by atoms with E-state index in [1.807, 2.05) is 0 Å². The van der Waals surface area contributed by atoms with E-state index in [1.54, 1.807) is 23.1 Å². The first-order valence-corrected chi connectivity index (χ1v) is 12.3. The number of ketones is 1. The van der Waals surface area contributed by atoms with Crippen molar-refractivity contribution in [1.82, 2.24) is 9.21 Å². The highest BCUT2D eigenvalue weighted by molar-refractivity contribution is 8.00. The predicted octanol–water partition coefficient (Wildman–Crippen LogP) is 3.82. The van der Waals surface area contributed by atoms with Gasteiger partial charge in [-0.3, -0.25) is 9.59 Å². The molecule has 3 rings (SSSR count). The maximum atomic E-state index is 12.8. The lowest BCUT2D eigenvalue weighted by Crippen LogP contribution is -2.50. The number of halogens is 2. The number of nitrogens with zero attached hydrogens (tertiary/aromatic N) is 2. The maximum absolute atomic E-state index is 12.8. The van der Waals surface area contributed by atoms with Crippen LogP contribution in [-0.2, 0) is 14.8 Å². The van der Waals surface area contributed by atoms with Gasteiger partial charge in [0.1, 0.15) is 0 Å². The van der Waals surface area contributed by atoms with Crippen LogP contribution in [0, 0.1) is 0 Å². The van der Waals surface area contributed by atoms with Gasteiger partial charge in [0.25, 0.3) is 0 Å². The number of thioether (sulfide) groups is 1. The molecule has 1 heterocycles. The molecule has 30 heavy (non-hydrogen) atoms. The molecular weight excluding hydrogens is 467 g/mol. The number of carbonyl (C=O) groups is 2. The van der Waals surface area contributed by atoms with Gasteiger partial charge in [0.15, 0.2) is 5.78 Å². The van der Waals surface area contributed by atoms with Gasteiger partial charge in [0.05, 0.1) is 15.7 Å². The average molecular weight is 487 g/mol. The standard InChI is InChI=1S/C20H20Cl2N2O4S2/c1-14(25)15-2-5-17(6-3-15)30(27,28)24-10-8-23(9-11-24)20(26)13-29-19-12-16(21)4-7-18(19)22/h2-7,12H,8-11,13H2,1H3. The molecule has 1 amide bonds. The van der Waals surface area contributed by atoms with Crippen LogP contribution in [0.15, 0.2) is 52.3 Å². The van der Waals surface area contributed by atoms with Gasteiger partial charge in [-0.15, -0.1) is 11.8 Å². The van der Waals surface area contributed by atoms with Crippen molar-refractivity contribution in [3.05, 3.63) is 58.1 Å². The Kier molecular flexibility index (Phi) is 7.47. The average Bonchev–Trinajstić information content (AvgIpc) is 2.74. The number of hydrogen-bond acceptors (Lipinski definition) is 5. The Bertz CT molecular complexity index is 1050. The van der Waals surface area contributed by atoms with Crippen LogP contribution in [0.4, 0.5) is 0 Å². The molecule has 1 saturated heterocycles. The van der Waals surface area contributed by atoms with Gasteiger partial charge in [-0.05, 0) is 37.3 Å². The molecule has 0 aromatic heterocycles. The van der Waals surface area contributed by atoms with Crippen molar-refractivity contribution in [2.24, 2.45) is 0 Å². The molecule has 0 bridgehead atoms. The Morgan fingerprint density at radius 2 is 1.63 bits per heavy atom. The van der Waals surface area contributed by atoms with Crippen molar-refractivity contribution in [2.45, 2.75) is 16.7 Å². The summed E-state index contributed by atoms with van der Waals surface area (Å²) >= 11 is 13.4. The molecule has 0 spiro atoms. The molecule has 0 unspecified atom stereocenters. The minimum absolute atomic E-state index is 0.0844. The van der Waals surface area contributed by atoms with Gasteiger partial charge >= 0.3 is 0 Å². The van der Waals surface area contributed by atoms with E-state index in [0.29, 0.717) is 28.7 Å². The second-order valence-corrected chi connectivity index (χ2v) is 10.5. The molecule has 0 atom stereocenters. The molecule has 0 saturated carbocycles. The van der Waals surface area contributed by atoms with E-state index in [-0.39, 0.29) is 35.4 Å². The van der Waals surface area contributed by atoms with Crippen LogP contribution >= 0.6 is 35.0 Å². The molecule has 0 N–H and O–H groups in total. The van der Waals surface area contributed by atoms with E-state index in [2.05, 4.69) is 0 Å². The number of rotatable bonds is 6. The molecule has 0 aliphatic carbocycles. The van der Waals surface area contributed by atoms with Gasteiger partial charge in [0.2, 0.25) is 15.9 Å². The number of Topliss-reactive ketones (excluding diaryl/α,β-unsaturated/α-hetero) is 1. The Morgan fingerprint density at radius 3 is 2.23 bits per heavy atom. The lowest BCUT2D eigenvalue weighted by molar-refractivity contribution is -0.129. The number of sulfonamides is 1. The largest absolute Gasteiger partial charge is 0.339 e.